The molecule has 0 bridgehead atoms. The summed E-state index contributed by atoms with van der Waals surface area (Å²) in [6, 6.07) is 60.4. The number of amides is 5. The number of hydrogen-bond donors (Lipinski definition) is 9. The fraction of sp³-hybridized carbons (Fsp3) is 0.122. The second kappa shape index (κ2) is 40.1. The van der Waals surface area contributed by atoms with E-state index in [-0.39, 0.29) is 29.2 Å². The number of nitrogens with two attached hydrogens (primary N) is 2. The number of hydrogen-bond acceptors (Lipinski definition) is 19. The van der Waals surface area contributed by atoms with Gasteiger partial charge in [-0.3, -0.25) is 28.8 Å². The molecule has 0 aliphatic carbocycles. The molecule has 0 atom stereocenters. The molecule has 5 amide bonds. The zero-order valence-corrected chi connectivity index (χ0v) is 60.2. The van der Waals surface area contributed by atoms with Gasteiger partial charge in [-0.05, 0) is 144 Å². The summed E-state index contributed by atoms with van der Waals surface area (Å²) in [5.41, 5.74) is 25.3. The number of nitrogens with one attached hydrogen (secondary N) is 7. The van der Waals surface area contributed by atoms with Crippen LogP contribution < -0.4 is 62.9 Å². The fourth-order valence-corrected chi connectivity index (χ4v) is 10.1. The van der Waals surface area contributed by atoms with Crippen LogP contribution in [0.5, 0.6) is 17.2 Å². The quantitative estimate of drug-likeness (QED) is 0.0131. The van der Waals surface area contributed by atoms with E-state index in [4.69, 9.17) is 37.3 Å². The number of methoxy groups -OCH3 is 3. The summed E-state index contributed by atoms with van der Waals surface area (Å²) < 4.78 is 15.8. The average molecular weight is 1460 g/mol. The Morgan fingerprint density at radius 2 is 0.748 bits per heavy atom. The number of allylic oxidation sites excluding steroid dienone is 1. The Morgan fingerprint density at radius 3 is 1.08 bits per heavy atom. The Balaban J connectivity index is 0.000000197. The predicted octanol–water partition coefficient (Wildman–Crippen LogP) is 13.8. The second-order valence-electron chi connectivity index (χ2n) is 23.5. The molecule has 3 aromatic heterocycles. The SMILES string of the molecule is C=CC(=O)Cl.C=CC(=O)Nc1cccc(Cc2nc(Nc3cccc(OC)c3)ncc2C(=O)NCc2ccc(C)cc2)c1.C=CC(=O)Nc1cccc(Cc2nc(Nc3cccc(OC)c3)ncc2C(N)=O)c1.COc1cccc(Nc2ncc(C(=O)NCc3ccc(C)cc3)c(Cc3cccc(N)c3)n2)c1. The number of aryl methyl sites for hydroxylation is 2. The van der Waals surface area contributed by atoms with E-state index in [1.54, 1.807) is 57.9 Å². The highest BCUT2D eigenvalue weighted by Crippen LogP contribution is 2.27. The third kappa shape index (κ3) is 25.6. The molecule has 0 unspecified atom stereocenters. The molecular formula is C82H80ClN15O9. The number of nitrogen functional groups attached to an aromatic ring is 1. The summed E-state index contributed by atoms with van der Waals surface area (Å²) in [5.74, 6) is 1.43. The minimum Gasteiger partial charge on any atom is -0.497 e. The molecular weight excluding hydrogens is 1370 g/mol. The van der Waals surface area contributed by atoms with Gasteiger partial charge in [0.25, 0.3) is 17.7 Å². The summed E-state index contributed by atoms with van der Waals surface area (Å²) in [5, 5.41) is 20.4. The van der Waals surface area contributed by atoms with Crippen LogP contribution in [0.1, 0.15) is 87.1 Å². The molecule has 107 heavy (non-hydrogen) atoms. The van der Waals surface area contributed by atoms with Gasteiger partial charge in [0.1, 0.15) is 17.2 Å². The van der Waals surface area contributed by atoms with Crippen molar-refractivity contribution in [2.45, 2.75) is 46.2 Å². The number of carbonyl (C=O) groups is 6. The molecule has 0 aliphatic rings. The van der Waals surface area contributed by atoms with Gasteiger partial charge in [0.15, 0.2) is 0 Å². The van der Waals surface area contributed by atoms with Crippen molar-refractivity contribution >= 4 is 98.3 Å². The molecule has 25 heteroatoms. The number of anilines is 9. The van der Waals surface area contributed by atoms with Gasteiger partial charge in [-0.15, -0.1) is 0 Å². The van der Waals surface area contributed by atoms with Gasteiger partial charge in [-0.2, -0.15) is 0 Å². The molecule has 11 aromatic rings. The zero-order valence-electron chi connectivity index (χ0n) is 59.5. The highest BCUT2D eigenvalue weighted by Gasteiger charge is 2.20. The maximum atomic E-state index is 13.2. The Bertz CT molecular complexity index is 4960. The highest BCUT2D eigenvalue weighted by molar-refractivity contribution is 6.66. The first-order chi connectivity index (χ1) is 51.7. The standard InChI is InChI=1S/C30H29N5O3.C27H27N5O2.C22H21N5O3.C3H3ClO/c1-4-28(36)33-23-8-5-7-22(15-23)16-27-26(29(37)31-18-21-13-11-20(2)12-14-21)19-32-30(35-27)34-24-9-6-10-25(17-24)38-3;1-18-9-11-19(12-10-18)16-29-26(33)24-17-30-27(31-22-7-4-8-23(15-22)34-2)32-25(24)14-20-5-3-6-21(28)13-20;1-3-20(28)25-15-7-4-6-14(10-15)11-19-18(21(23)29)13-24-22(27-19)26-16-8-5-9-17(12-16)30-2;1-2-3(4)5/h4-15,17,19H,1,16,18H2,2-3H3,(H,31,37)(H,33,36)(H,32,34,35);3-13,15,17H,14,16,28H2,1-2H3,(H,29,33)(H,30,31,32);3-10,12-13H,1,11H2,2H3,(H2,23,29)(H,25,28)(H,24,26,27);2H,1H2. The van der Waals surface area contributed by atoms with E-state index >= 15 is 0 Å². The Morgan fingerprint density at radius 1 is 0.421 bits per heavy atom. The molecule has 0 radical (unpaired) electrons. The number of halogens is 1. The van der Waals surface area contributed by atoms with E-state index in [9.17, 15) is 28.8 Å². The number of benzene rings is 8. The Labute approximate surface area is 624 Å². The summed E-state index contributed by atoms with van der Waals surface area (Å²) in [6.45, 7) is 14.9. The molecule has 0 saturated heterocycles. The molecule has 24 nitrogen and oxygen atoms in total. The summed E-state index contributed by atoms with van der Waals surface area (Å²) in [7, 11) is 4.80. The maximum Gasteiger partial charge on any atom is 0.254 e. The second-order valence-corrected chi connectivity index (χ2v) is 23.9. The van der Waals surface area contributed by atoms with Crippen molar-refractivity contribution in [1.82, 2.24) is 40.5 Å². The highest BCUT2D eigenvalue weighted by atomic mass is 35.5. The van der Waals surface area contributed by atoms with Gasteiger partial charge >= 0.3 is 0 Å². The van der Waals surface area contributed by atoms with E-state index in [1.165, 1.54) is 30.1 Å². The van der Waals surface area contributed by atoms with Crippen LogP contribution in [-0.4, -0.2) is 86.0 Å². The third-order valence-electron chi connectivity index (χ3n) is 15.5. The summed E-state index contributed by atoms with van der Waals surface area (Å²) in [4.78, 5) is 97.7. The normalized spacial score (nSPS) is 10.2. The van der Waals surface area contributed by atoms with Crippen LogP contribution in [0.4, 0.5) is 52.0 Å². The van der Waals surface area contributed by atoms with E-state index in [1.807, 2.05) is 178 Å². The van der Waals surface area contributed by atoms with E-state index in [0.717, 1.165) is 62.3 Å². The van der Waals surface area contributed by atoms with Gasteiger partial charge < -0.3 is 62.9 Å². The number of ether oxygens (including phenoxy) is 3. The van der Waals surface area contributed by atoms with E-state index in [0.29, 0.717) is 107 Å². The van der Waals surface area contributed by atoms with Gasteiger partial charge in [-0.1, -0.05) is 134 Å². The zero-order chi connectivity index (χ0) is 76.6. The number of nitrogens with zero attached hydrogens (tertiary/aromatic N) is 6. The van der Waals surface area contributed by atoms with E-state index in [2.05, 4.69) is 86.9 Å². The number of aromatic nitrogens is 6. The summed E-state index contributed by atoms with van der Waals surface area (Å²) in [6.07, 6.45) is 9.04. The maximum absolute atomic E-state index is 13.2. The van der Waals surface area contributed by atoms with Crippen LogP contribution in [0.2, 0.25) is 0 Å². The molecule has 11 rings (SSSR count). The smallest absolute Gasteiger partial charge is 0.254 e. The molecule has 11 N–H and O–H groups in total. The molecule has 0 saturated carbocycles. The lowest BCUT2D eigenvalue weighted by Gasteiger charge is -2.13. The van der Waals surface area contributed by atoms with Gasteiger partial charge in [-0.25, -0.2) is 29.9 Å². The first-order valence-electron chi connectivity index (χ1n) is 33.2. The van der Waals surface area contributed by atoms with Crippen molar-refractivity contribution in [3.8, 4) is 17.2 Å². The largest absolute Gasteiger partial charge is 0.497 e. The lowest BCUT2D eigenvalue weighted by molar-refractivity contribution is -0.112. The topological polar surface area (TPSA) is 344 Å². The van der Waals surface area contributed by atoms with Crippen LogP contribution in [0.25, 0.3) is 0 Å². The van der Waals surface area contributed by atoms with Crippen LogP contribution in [0.3, 0.4) is 0 Å². The van der Waals surface area contributed by atoms with Crippen molar-refractivity contribution in [1.29, 1.82) is 0 Å². The minimum atomic E-state index is -0.617. The fourth-order valence-electron chi connectivity index (χ4n) is 10.1. The number of carbonyl (C=O) groups excluding carboxylic acids is 6. The third-order valence-corrected chi connectivity index (χ3v) is 15.6. The lowest BCUT2D eigenvalue weighted by atomic mass is 10.0. The molecule has 3 heterocycles. The molecule has 8 aromatic carbocycles. The van der Waals surface area contributed by atoms with Crippen LogP contribution in [0.15, 0.2) is 251 Å². The summed E-state index contributed by atoms with van der Waals surface area (Å²) >= 11 is 4.71. The van der Waals surface area contributed by atoms with Crippen molar-refractivity contribution in [2.75, 3.05) is 53.6 Å². The van der Waals surface area contributed by atoms with Crippen molar-refractivity contribution in [3.05, 3.63) is 323 Å². The van der Waals surface area contributed by atoms with Crippen LogP contribution in [-0.2, 0) is 46.7 Å². The first-order valence-corrected chi connectivity index (χ1v) is 33.6. The Hall–Kier alpha value is -13.9. The van der Waals surface area contributed by atoms with E-state index < -0.39 is 11.1 Å². The molecule has 544 valence electrons. The number of rotatable bonds is 27. The first kappa shape index (κ1) is 78.8. The average Bonchev–Trinajstić information content (AvgIpc) is 0.836. The molecule has 0 fully saturated rings. The monoisotopic (exact) mass is 1450 g/mol. The predicted molar refractivity (Wildman–Crippen MR) is 419 cm³/mol. The van der Waals surface area contributed by atoms with Crippen LogP contribution >= 0.6 is 11.6 Å². The van der Waals surface area contributed by atoms with Crippen molar-refractivity contribution in [3.63, 3.8) is 0 Å². The van der Waals surface area contributed by atoms with Gasteiger partial charge in [0.2, 0.25) is 34.9 Å². The number of primary amides is 1. The minimum absolute atomic E-state index is 0.228. The van der Waals surface area contributed by atoms with Crippen LogP contribution in [0, 0.1) is 13.8 Å². The van der Waals surface area contributed by atoms with Gasteiger partial charge in [0.05, 0.1) is 55.1 Å². The van der Waals surface area contributed by atoms with Crippen molar-refractivity contribution in [2.24, 2.45) is 5.73 Å². The molecule has 0 aliphatic heterocycles. The van der Waals surface area contributed by atoms with Gasteiger partial charge in [0, 0.05) is 103 Å². The lowest BCUT2D eigenvalue weighted by Crippen LogP contribution is -2.25. The molecule has 0 spiro atoms. The van der Waals surface area contributed by atoms with Crippen molar-refractivity contribution < 1.29 is 43.0 Å². The Kier molecular flexibility index (Phi) is 29.5.